The van der Waals surface area contributed by atoms with Crippen LogP contribution in [0.3, 0.4) is 0 Å². The van der Waals surface area contributed by atoms with Gasteiger partial charge in [-0.3, -0.25) is 4.79 Å². The summed E-state index contributed by atoms with van der Waals surface area (Å²) < 4.78 is 0. The van der Waals surface area contributed by atoms with Gasteiger partial charge in [0.1, 0.15) is 4.99 Å². The Bertz CT molecular complexity index is 700. The third-order valence-corrected chi connectivity index (χ3v) is 3.59. The van der Waals surface area contributed by atoms with Crippen LogP contribution < -0.4 is 11.1 Å². The van der Waals surface area contributed by atoms with Crippen molar-refractivity contribution in [3.05, 3.63) is 64.2 Å². The highest BCUT2D eigenvalue weighted by Crippen LogP contribution is 2.22. The summed E-state index contributed by atoms with van der Waals surface area (Å²) in [5.41, 5.74) is 8.40. The van der Waals surface area contributed by atoms with Crippen molar-refractivity contribution in [3.63, 3.8) is 0 Å². The van der Waals surface area contributed by atoms with Gasteiger partial charge in [0.15, 0.2) is 0 Å². The summed E-state index contributed by atoms with van der Waals surface area (Å²) in [7, 11) is 0. The number of hydrogen-bond acceptors (Lipinski definition) is 2. The lowest BCUT2D eigenvalue weighted by molar-refractivity contribution is 0.102. The van der Waals surface area contributed by atoms with Crippen molar-refractivity contribution in [1.82, 2.24) is 0 Å². The zero-order valence-electron chi connectivity index (χ0n) is 11.5. The molecule has 0 spiro atoms. The van der Waals surface area contributed by atoms with E-state index in [1.807, 2.05) is 25.1 Å². The number of rotatable bonds is 4. The Morgan fingerprint density at radius 3 is 2.62 bits per heavy atom. The maximum absolute atomic E-state index is 12.4. The summed E-state index contributed by atoms with van der Waals surface area (Å²) in [6, 6.07) is 12.5. The highest BCUT2D eigenvalue weighted by molar-refractivity contribution is 7.80. The predicted octanol–water partition coefficient (Wildman–Crippen LogP) is 3.79. The van der Waals surface area contributed by atoms with Gasteiger partial charge in [-0.15, -0.1) is 0 Å². The number of hydrogen-bond donors (Lipinski definition) is 2. The molecule has 3 N–H and O–H groups in total. The molecular weight excluding hydrogens is 304 g/mol. The van der Waals surface area contributed by atoms with Crippen molar-refractivity contribution >= 4 is 40.4 Å². The molecule has 5 heteroatoms. The van der Waals surface area contributed by atoms with Gasteiger partial charge >= 0.3 is 0 Å². The van der Waals surface area contributed by atoms with E-state index in [9.17, 15) is 4.79 Å². The summed E-state index contributed by atoms with van der Waals surface area (Å²) in [6.45, 7) is 2.01. The van der Waals surface area contributed by atoms with Crippen LogP contribution in [0.15, 0.2) is 42.5 Å². The highest BCUT2D eigenvalue weighted by atomic mass is 35.5. The Morgan fingerprint density at radius 1 is 1.24 bits per heavy atom. The minimum absolute atomic E-state index is 0.202. The normalized spacial score (nSPS) is 10.2. The largest absolute Gasteiger partial charge is 0.389 e. The third kappa shape index (κ3) is 3.60. The Balaban J connectivity index is 2.36. The number of amides is 1. The molecule has 2 aromatic rings. The summed E-state index contributed by atoms with van der Waals surface area (Å²) in [4.78, 5) is 12.7. The van der Waals surface area contributed by atoms with Crippen molar-refractivity contribution in [2.75, 3.05) is 5.32 Å². The average Bonchev–Trinajstić information content (AvgIpc) is 2.46. The van der Waals surface area contributed by atoms with Crippen molar-refractivity contribution in [2.45, 2.75) is 13.3 Å². The smallest absolute Gasteiger partial charge is 0.255 e. The van der Waals surface area contributed by atoms with Gasteiger partial charge in [0.2, 0.25) is 0 Å². The van der Waals surface area contributed by atoms with Crippen LogP contribution in [-0.4, -0.2) is 10.9 Å². The monoisotopic (exact) mass is 318 g/mol. The molecule has 0 heterocycles. The number of anilines is 1. The summed E-state index contributed by atoms with van der Waals surface area (Å²) in [5, 5.41) is 3.34. The first-order valence-corrected chi connectivity index (χ1v) is 7.30. The van der Waals surface area contributed by atoms with Gasteiger partial charge in [-0.1, -0.05) is 48.9 Å². The molecule has 0 aliphatic rings. The van der Waals surface area contributed by atoms with E-state index >= 15 is 0 Å². The molecule has 0 atom stereocenters. The fourth-order valence-electron chi connectivity index (χ4n) is 2.07. The van der Waals surface area contributed by atoms with E-state index in [0.29, 0.717) is 21.8 Å². The quantitative estimate of drug-likeness (QED) is 0.843. The minimum Gasteiger partial charge on any atom is -0.389 e. The van der Waals surface area contributed by atoms with Crippen molar-refractivity contribution < 1.29 is 4.79 Å². The molecular formula is C16H15ClN2OS. The minimum atomic E-state index is -0.202. The van der Waals surface area contributed by atoms with Crippen LogP contribution >= 0.6 is 23.8 Å². The maximum Gasteiger partial charge on any atom is 0.255 e. The molecule has 0 saturated carbocycles. The zero-order chi connectivity index (χ0) is 15.4. The van der Waals surface area contributed by atoms with E-state index in [-0.39, 0.29) is 10.9 Å². The number of benzene rings is 2. The molecule has 21 heavy (non-hydrogen) atoms. The Labute approximate surface area is 134 Å². The summed E-state index contributed by atoms with van der Waals surface area (Å²) in [5.74, 6) is -0.202. The molecule has 108 valence electrons. The van der Waals surface area contributed by atoms with E-state index < -0.39 is 0 Å². The number of halogens is 1. The van der Waals surface area contributed by atoms with Crippen LogP contribution in [0.25, 0.3) is 0 Å². The van der Waals surface area contributed by atoms with Crippen molar-refractivity contribution in [3.8, 4) is 0 Å². The lowest BCUT2D eigenvalue weighted by atomic mass is 10.0. The molecule has 0 aliphatic heterocycles. The predicted molar refractivity (Wildman–Crippen MR) is 91.1 cm³/mol. The Morgan fingerprint density at radius 2 is 1.95 bits per heavy atom. The first kappa shape index (κ1) is 15.5. The first-order valence-electron chi connectivity index (χ1n) is 6.51. The van der Waals surface area contributed by atoms with Crippen molar-refractivity contribution in [2.24, 2.45) is 5.73 Å². The number of nitrogens with two attached hydrogens (primary N) is 1. The second-order valence-corrected chi connectivity index (χ2v) is 5.40. The zero-order valence-corrected chi connectivity index (χ0v) is 13.1. The van der Waals surface area contributed by atoms with Gasteiger partial charge in [0, 0.05) is 16.1 Å². The lowest BCUT2D eigenvalue weighted by Gasteiger charge is -2.12. The molecule has 1 amide bonds. The molecule has 2 aromatic carbocycles. The topological polar surface area (TPSA) is 55.1 Å². The molecule has 0 saturated heterocycles. The second kappa shape index (κ2) is 6.70. The van der Waals surface area contributed by atoms with Gasteiger partial charge < -0.3 is 11.1 Å². The van der Waals surface area contributed by atoms with E-state index in [1.54, 1.807) is 24.3 Å². The molecule has 0 aliphatic carbocycles. The molecule has 3 nitrogen and oxygen atoms in total. The van der Waals surface area contributed by atoms with Crippen LogP contribution in [0, 0.1) is 0 Å². The van der Waals surface area contributed by atoms with Crippen LogP contribution in [-0.2, 0) is 6.42 Å². The van der Waals surface area contributed by atoms with Crippen molar-refractivity contribution in [1.29, 1.82) is 0 Å². The number of nitrogens with one attached hydrogen (secondary N) is 1. The van der Waals surface area contributed by atoms with Crippen LogP contribution in [0.2, 0.25) is 5.02 Å². The van der Waals surface area contributed by atoms with Gasteiger partial charge in [-0.2, -0.15) is 0 Å². The van der Waals surface area contributed by atoms with Gasteiger partial charge in [-0.05, 0) is 36.2 Å². The number of carbonyl (C=O) groups is 1. The fourth-order valence-corrected chi connectivity index (χ4v) is 2.42. The molecule has 0 fully saturated rings. The maximum atomic E-state index is 12.4. The fraction of sp³-hybridized carbons (Fsp3) is 0.125. The molecule has 0 aromatic heterocycles. The first-order chi connectivity index (χ1) is 10.0. The number of thiocarbonyl (C=S) groups is 1. The van der Waals surface area contributed by atoms with Crippen LogP contribution in [0.4, 0.5) is 5.69 Å². The third-order valence-electron chi connectivity index (χ3n) is 3.14. The molecule has 0 bridgehead atoms. The Hall–Kier alpha value is -1.91. The van der Waals surface area contributed by atoms with E-state index in [4.69, 9.17) is 29.6 Å². The van der Waals surface area contributed by atoms with E-state index in [0.717, 1.165) is 12.0 Å². The molecule has 2 rings (SSSR count). The molecule has 0 radical (unpaired) electrons. The standard InChI is InChI=1S/C16H15ClN2OS/c1-2-10-5-3-4-6-12(10)16(20)19-14-9-11(17)7-8-13(14)15(18)21/h3-9H,2H2,1H3,(H2,18,21)(H,19,20). The SMILES string of the molecule is CCc1ccccc1C(=O)Nc1cc(Cl)ccc1C(N)=S. The summed E-state index contributed by atoms with van der Waals surface area (Å²) >= 11 is 11.0. The van der Waals surface area contributed by atoms with Gasteiger partial charge in [0.25, 0.3) is 5.91 Å². The number of carbonyl (C=O) groups excluding carboxylic acids is 1. The Kier molecular flexibility index (Phi) is 4.94. The van der Waals surface area contributed by atoms with Gasteiger partial charge in [-0.25, -0.2) is 0 Å². The van der Waals surface area contributed by atoms with E-state index in [2.05, 4.69) is 5.32 Å². The highest BCUT2D eigenvalue weighted by Gasteiger charge is 2.13. The summed E-state index contributed by atoms with van der Waals surface area (Å²) in [6.07, 6.45) is 0.779. The van der Waals surface area contributed by atoms with Crippen LogP contribution in [0.5, 0.6) is 0 Å². The van der Waals surface area contributed by atoms with Gasteiger partial charge in [0.05, 0.1) is 5.69 Å². The lowest BCUT2D eigenvalue weighted by Crippen LogP contribution is -2.18. The van der Waals surface area contributed by atoms with Crippen LogP contribution in [0.1, 0.15) is 28.4 Å². The number of aryl methyl sites for hydroxylation is 1. The average molecular weight is 319 g/mol. The molecule has 0 unspecified atom stereocenters. The second-order valence-electron chi connectivity index (χ2n) is 4.52. The van der Waals surface area contributed by atoms with E-state index in [1.165, 1.54) is 0 Å².